The van der Waals surface area contributed by atoms with E-state index in [0.29, 0.717) is 6.61 Å². The van der Waals surface area contributed by atoms with Crippen LogP contribution in [0.25, 0.3) is 0 Å². The summed E-state index contributed by atoms with van der Waals surface area (Å²) in [5, 5.41) is 3.54. The van der Waals surface area contributed by atoms with Crippen molar-refractivity contribution in [1.82, 2.24) is 10.2 Å². The zero-order valence-electron chi connectivity index (χ0n) is 11.5. The van der Waals surface area contributed by atoms with E-state index in [1.165, 1.54) is 19.3 Å². The Morgan fingerprint density at radius 2 is 2.00 bits per heavy atom. The minimum Gasteiger partial charge on any atom is -0.466 e. The van der Waals surface area contributed by atoms with E-state index >= 15 is 0 Å². The number of nitrogens with zero attached hydrogens (tertiary/aromatic N) is 1. The number of likely N-dealkylation sites (tertiary alicyclic amines) is 1. The molecule has 0 aromatic heterocycles. The largest absolute Gasteiger partial charge is 0.466 e. The van der Waals surface area contributed by atoms with Crippen molar-refractivity contribution in [2.24, 2.45) is 5.92 Å². The molecule has 1 heterocycles. The first-order valence-corrected chi connectivity index (χ1v) is 7.42. The van der Waals surface area contributed by atoms with Gasteiger partial charge < -0.3 is 15.0 Å². The average Bonchev–Trinajstić information content (AvgIpc) is 3.20. The van der Waals surface area contributed by atoms with Gasteiger partial charge in [0.15, 0.2) is 0 Å². The fourth-order valence-corrected chi connectivity index (χ4v) is 2.55. The van der Waals surface area contributed by atoms with Crippen LogP contribution in [0, 0.1) is 5.92 Å². The molecule has 104 valence electrons. The highest BCUT2D eigenvalue weighted by atomic mass is 16.5. The van der Waals surface area contributed by atoms with Crippen molar-refractivity contribution in [2.75, 3.05) is 32.8 Å². The number of carbonyl (C=O) groups excluding carboxylic acids is 1. The molecule has 0 spiro atoms. The summed E-state index contributed by atoms with van der Waals surface area (Å²) in [4.78, 5) is 14.1. The third kappa shape index (κ3) is 4.58. The predicted molar refractivity (Wildman–Crippen MR) is 71.4 cm³/mol. The molecule has 1 N–H and O–H groups in total. The quantitative estimate of drug-likeness (QED) is 0.551. The molecule has 1 aliphatic heterocycles. The van der Waals surface area contributed by atoms with Crippen LogP contribution < -0.4 is 5.32 Å². The standard InChI is InChI=1S/C14H26N2O2/c1-2-18-14(17)12-6-10-16(11-7-12)9-3-8-15-13-4-5-13/h12-13,15H,2-11H2,1H3. The summed E-state index contributed by atoms with van der Waals surface area (Å²) in [5.41, 5.74) is 0. The summed E-state index contributed by atoms with van der Waals surface area (Å²) in [6.07, 6.45) is 5.89. The second-order valence-electron chi connectivity index (χ2n) is 5.45. The number of nitrogens with one attached hydrogen (secondary N) is 1. The van der Waals surface area contributed by atoms with Crippen LogP contribution in [-0.4, -0.2) is 49.7 Å². The molecule has 1 saturated heterocycles. The Bertz CT molecular complexity index is 259. The molecule has 18 heavy (non-hydrogen) atoms. The number of esters is 1. The van der Waals surface area contributed by atoms with E-state index in [2.05, 4.69) is 10.2 Å². The third-order valence-electron chi connectivity index (χ3n) is 3.87. The number of hydrogen-bond acceptors (Lipinski definition) is 4. The molecule has 4 heteroatoms. The summed E-state index contributed by atoms with van der Waals surface area (Å²) < 4.78 is 5.08. The molecule has 0 unspecified atom stereocenters. The molecular formula is C14H26N2O2. The van der Waals surface area contributed by atoms with E-state index in [1.807, 2.05) is 6.92 Å². The lowest BCUT2D eigenvalue weighted by molar-refractivity contribution is -0.149. The summed E-state index contributed by atoms with van der Waals surface area (Å²) in [6.45, 7) is 6.78. The van der Waals surface area contributed by atoms with Gasteiger partial charge in [-0.3, -0.25) is 4.79 Å². The highest BCUT2D eigenvalue weighted by molar-refractivity contribution is 5.72. The van der Waals surface area contributed by atoms with E-state index in [-0.39, 0.29) is 11.9 Å². The number of rotatable bonds is 7. The Balaban J connectivity index is 1.53. The molecule has 1 aliphatic carbocycles. The summed E-state index contributed by atoms with van der Waals surface area (Å²) in [7, 11) is 0. The van der Waals surface area contributed by atoms with Gasteiger partial charge in [-0.05, 0) is 65.2 Å². The van der Waals surface area contributed by atoms with Gasteiger partial charge in [-0.2, -0.15) is 0 Å². The Hall–Kier alpha value is -0.610. The van der Waals surface area contributed by atoms with Gasteiger partial charge in [0.1, 0.15) is 0 Å². The first-order chi connectivity index (χ1) is 8.79. The Kier molecular flexibility index (Phi) is 5.45. The summed E-state index contributed by atoms with van der Waals surface area (Å²) >= 11 is 0. The lowest BCUT2D eigenvalue weighted by Gasteiger charge is -2.30. The highest BCUT2D eigenvalue weighted by Crippen LogP contribution is 2.19. The van der Waals surface area contributed by atoms with E-state index in [9.17, 15) is 4.79 Å². The first-order valence-electron chi connectivity index (χ1n) is 7.42. The average molecular weight is 254 g/mol. The minimum absolute atomic E-state index is 0.00699. The highest BCUT2D eigenvalue weighted by Gasteiger charge is 2.25. The van der Waals surface area contributed by atoms with Crippen molar-refractivity contribution in [3.05, 3.63) is 0 Å². The van der Waals surface area contributed by atoms with Crippen molar-refractivity contribution >= 4 is 5.97 Å². The smallest absolute Gasteiger partial charge is 0.309 e. The molecule has 2 aliphatic rings. The minimum atomic E-state index is 0.00699. The Morgan fingerprint density at radius 3 is 2.61 bits per heavy atom. The number of carbonyl (C=O) groups is 1. The zero-order valence-corrected chi connectivity index (χ0v) is 11.5. The van der Waals surface area contributed by atoms with Crippen molar-refractivity contribution in [2.45, 2.75) is 45.1 Å². The van der Waals surface area contributed by atoms with E-state index in [1.54, 1.807) is 0 Å². The normalized spacial score (nSPS) is 22.1. The number of piperidine rings is 1. The van der Waals surface area contributed by atoms with Crippen molar-refractivity contribution in [3.8, 4) is 0 Å². The number of hydrogen-bond donors (Lipinski definition) is 1. The second kappa shape index (κ2) is 7.10. The van der Waals surface area contributed by atoms with Crippen molar-refractivity contribution in [3.63, 3.8) is 0 Å². The van der Waals surface area contributed by atoms with Gasteiger partial charge in [0.25, 0.3) is 0 Å². The Morgan fingerprint density at radius 1 is 1.28 bits per heavy atom. The van der Waals surface area contributed by atoms with Gasteiger partial charge in [0.05, 0.1) is 12.5 Å². The van der Waals surface area contributed by atoms with Gasteiger partial charge >= 0.3 is 5.97 Å². The molecule has 0 bridgehead atoms. The topological polar surface area (TPSA) is 41.6 Å². The van der Waals surface area contributed by atoms with Gasteiger partial charge in [-0.15, -0.1) is 0 Å². The summed E-state index contributed by atoms with van der Waals surface area (Å²) in [6, 6.07) is 0.819. The third-order valence-corrected chi connectivity index (χ3v) is 3.87. The molecule has 2 rings (SSSR count). The maximum atomic E-state index is 11.6. The fraction of sp³-hybridized carbons (Fsp3) is 0.929. The first kappa shape index (κ1) is 13.8. The summed E-state index contributed by atoms with van der Waals surface area (Å²) in [5.74, 6) is 0.151. The molecule has 1 saturated carbocycles. The van der Waals surface area contributed by atoms with E-state index in [4.69, 9.17) is 4.74 Å². The molecule has 0 atom stereocenters. The van der Waals surface area contributed by atoms with Crippen molar-refractivity contribution in [1.29, 1.82) is 0 Å². The Labute approximate surface area is 110 Å². The van der Waals surface area contributed by atoms with Gasteiger partial charge in [0, 0.05) is 6.04 Å². The molecule has 0 aromatic rings. The van der Waals surface area contributed by atoms with Crippen LogP contribution in [0.3, 0.4) is 0 Å². The van der Waals surface area contributed by atoms with E-state index in [0.717, 1.165) is 45.1 Å². The molecule has 2 fully saturated rings. The fourth-order valence-electron chi connectivity index (χ4n) is 2.55. The molecule has 4 nitrogen and oxygen atoms in total. The van der Waals surface area contributed by atoms with Crippen LogP contribution in [0.1, 0.15) is 39.0 Å². The SMILES string of the molecule is CCOC(=O)C1CCN(CCCNC2CC2)CC1. The van der Waals surface area contributed by atoms with Crippen molar-refractivity contribution < 1.29 is 9.53 Å². The molecule has 0 amide bonds. The lowest BCUT2D eigenvalue weighted by Crippen LogP contribution is -2.38. The van der Waals surface area contributed by atoms with Crippen LogP contribution in [0.5, 0.6) is 0 Å². The molecule has 0 radical (unpaired) electrons. The lowest BCUT2D eigenvalue weighted by atomic mass is 9.97. The number of ether oxygens (including phenoxy) is 1. The zero-order chi connectivity index (χ0) is 12.8. The van der Waals surface area contributed by atoms with Gasteiger partial charge in [-0.1, -0.05) is 0 Å². The van der Waals surface area contributed by atoms with Crippen LogP contribution >= 0.6 is 0 Å². The van der Waals surface area contributed by atoms with Crippen LogP contribution in [0.4, 0.5) is 0 Å². The predicted octanol–water partition coefficient (Wildman–Crippen LogP) is 1.40. The van der Waals surface area contributed by atoms with E-state index < -0.39 is 0 Å². The second-order valence-corrected chi connectivity index (χ2v) is 5.45. The van der Waals surface area contributed by atoms with Crippen LogP contribution in [0.15, 0.2) is 0 Å². The van der Waals surface area contributed by atoms with Gasteiger partial charge in [-0.25, -0.2) is 0 Å². The maximum Gasteiger partial charge on any atom is 0.309 e. The monoisotopic (exact) mass is 254 g/mol. The molecular weight excluding hydrogens is 228 g/mol. The maximum absolute atomic E-state index is 11.6. The molecule has 0 aromatic carbocycles. The van der Waals surface area contributed by atoms with Crippen LogP contribution in [0.2, 0.25) is 0 Å². The van der Waals surface area contributed by atoms with Crippen LogP contribution in [-0.2, 0) is 9.53 Å². The van der Waals surface area contributed by atoms with Gasteiger partial charge in [0.2, 0.25) is 0 Å².